The summed E-state index contributed by atoms with van der Waals surface area (Å²) in [4.78, 5) is 44.1. The van der Waals surface area contributed by atoms with Crippen molar-refractivity contribution >= 4 is 46.3 Å². The van der Waals surface area contributed by atoms with Crippen LogP contribution in [0, 0.1) is 13.8 Å². The molecule has 6 N–H and O–H groups in total. The number of aliphatic hydroxyl groups excluding tert-OH is 2. The number of aryl methyl sites for hydroxylation is 2. The Morgan fingerprint density at radius 2 is 1.67 bits per heavy atom. The number of hydrogen-bond donors (Lipinski definition) is 6. The minimum atomic E-state index is -2.27. The van der Waals surface area contributed by atoms with Gasteiger partial charge in [-0.25, -0.2) is 19.6 Å². The van der Waals surface area contributed by atoms with Gasteiger partial charge < -0.3 is 40.5 Å². The van der Waals surface area contributed by atoms with Gasteiger partial charge >= 0.3 is 11.9 Å². The number of carbonyl (C=O) groups is 3. The lowest BCUT2D eigenvalue weighted by Gasteiger charge is -2.12. The fourth-order valence-electron chi connectivity index (χ4n) is 3.72. The summed E-state index contributed by atoms with van der Waals surface area (Å²) >= 11 is 0. The van der Waals surface area contributed by atoms with Crippen molar-refractivity contribution in [2.75, 3.05) is 25.6 Å². The number of carboxylic acid groups (broad SMARTS) is 2. The van der Waals surface area contributed by atoms with Crippen LogP contribution < -0.4 is 15.4 Å². The van der Waals surface area contributed by atoms with E-state index in [0.717, 1.165) is 39.2 Å². The number of rotatable bonds is 12. The average molecular weight is 620 g/mol. The molecule has 14 heteroatoms. The smallest absolute Gasteiger partial charge is 0.335 e. The number of pyridine rings is 1. The number of anilines is 2. The molecule has 2 unspecified atom stereocenters. The van der Waals surface area contributed by atoms with Crippen LogP contribution in [-0.2, 0) is 19.1 Å². The normalized spacial score (nSPS) is 12.1. The standard InChI is InChI=1S/C27H27N5O3.C4H6O6/c1-18-13-21(8-11-25(18)35-22-9-6-19(2)29-15-22)32-27-23-14-20(7-10-24(23)30-17-31-27)5-4-12-28-26(33)16-34-3;5-1(3(7)8)2(6)4(9)10/h4-11,13-15,17H,12,16H2,1-3H3,(H,28,33)(H,30,31,32);1-2,5-6H,(H,7,8)(H,9,10). The summed E-state index contributed by atoms with van der Waals surface area (Å²) in [6.45, 7) is 4.40. The van der Waals surface area contributed by atoms with E-state index in [2.05, 4.69) is 25.6 Å². The maximum Gasteiger partial charge on any atom is 0.335 e. The molecule has 1 amide bonds. The van der Waals surface area contributed by atoms with Crippen molar-refractivity contribution in [2.24, 2.45) is 0 Å². The molecule has 0 radical (unpaired) electrons. The number of methoxy groups -OCH3 is 1. The van der Waals surface area contributed by atoms with Gasteiger partial charge in [0.05, 0.1) is 11.7 Å². The highest BCUT2D eigenvalue weighted by Crippen LogP contribution is 2.30. The Bertz CT molecular complexity index is 1640. The number of aliphatic hydroxyl groups is 2. The molecule has 2 aromatic carbocycles. The fourth-order valence-corrected chi connectivity index (χ4v) is 3.72. The number of hydrogen-bond acceptors (Lipinski definition) is 11. The number of aliphatic carboxylic acids is 2. The second-order valence-corrected chi connectivity index (χ2v) is 9.55. The Morgan fingerprint density at radius 1 is 0.933 bits per heavy atom. The lowest BCUT2D eigenvalue weighted by molar-refractivity contribution is -0.165. The molecule has 45 heavy (non-hydrogen) atoms. The third-order valence-corrected chi connectivity index (χ3v) is 6.02. The van der Waals surface area contributed by atoms with Gasteiger partial charge in [-0.1, -0.05) is 18.2 Å². The number of carbonyl (C=O) groups excluding carboxylic acids is 1. The average Bonchev–Trinajstić information content (AvgIpc) is 3.01. The number of ether oxygens (including phenoxy) is 2. The lowest BCUT2D eigenvalue weighted by Crippen LogP contribution is -2.39. The first-order valence-corrected chi connectivity index (χ1v) is 13.5. The van der Waals surface area contributed by atoms with Crippen molar-refractivity contribution in [2.45, 2.75) is 26.1 Å². The van der Waals surface area contributed by atoms with E-state index in [-0.39, 0.29) is 12.5 Å². The molecule has 2 atom stereocenters. The third kappa shape index (κ3) is 10.4. The molecule has 236 valence electrons. The maximum atomic E-state index is 11.5. The van der Waals surface area contributed by atoms with E-state index >= 15 is 0 Å². The molecular formula is C31H33N5O9. The number of nitrogens with zero attached hydrogens (tertiary/aromatic N) is 3. The van der Waals surface area contributed by atoms with Crippen molar-refractivity contribution in [3.63, 3.8) is 0 Å². The van der Waals surface area contributed by atoms with Crippen LogP contribution in [0.4, 0.5) is 11.5 Å². The van der Waals surface area contributed by atoms with Gasteiger partial charge in [0.2, 0.25) is 5.91 Å². The molecular weight excluding hydrogens is 586 g/mol. The molecule has 0 aliphatic carbocycles. The van der Waals surface area contributed by atoms with Crippen LogP contribution in [0.2, 0.25) is 0 Å². The minimum absolute atomic E-state index is 0.0475. The zero-order chi connectivity index (χ0) is 32.9. The molecule has 0 spiro atoms. The Morgan fingerprint density at radius 3 is 2.29 bits per heavy atom. The number of fused-ring (bicyclic) bond motifs is 1. The fraction of sp³-hybridized carbons (Fsp3) is 0.226. The van der Waals surface area contributed by atoms with Crippen LogP contribution in [-0.4, -0.2) is 85.7 Å². The molecule has 2 heterocycles. The summed E-state index contributed by atoms with van der Waals surface area (Å²) in [5.74, 6) is -1.53. The summed E-state index contributed by atoms with van der Waals surface area (Å²) in [5, 5.41) is 39.6. The molecule has 14 nitrogen and oxygen atoms in total. The van der Waals surface area contributed by atoms with Crippen LogP contribution in [0.15, 0.2) is 67.1 Å². The predicted molar refractivity (Wildman–Crippen MR) is 164 cm³/mol. The van der Waals surface area contributed by atoms with Gasteiger partial charge in [-0.05, 0) is 67.4 Å². The van der Waals surface area contributed by atoms with E-state index in [9.17, 15) is 14.4 Å². The van der Waals surface area contributed by atoms with E-state index < -0.39 is 24.1 Å². The van der Waals surface area contributed by atoms with Gasteiger partial charge in [0.25, 0.3) is 0 Å². The summed E-state index contributed by atoms with van der Waals surface area (Å²) in [6, 6.07) is 15.6. The summed E-state index contributed by atoms with van der Waals surface area (Å²) in [5.41, 5.74) is 4.62. The van der Waals surface area contributed by atoms with Gasteiger partial charge in [0, 0.05) is 30.4 Å². The first-order valence-electron chi connectivity index (χ1n) is 13.5. The first kappa shape index (κ1) is 34.1. The van der Waals surface area contributed by atoms with Crippen LogP contribution in [0.3, 0.4) is 0 Å². The number of aromatic nitrogens is 3. The minimum Gasteiger partial charge on any atom is -0.479 e. The lowest BCUT2D eigenvalue weighted by atomic mass is 10.1. The van der Waals surface area contributed by atoms with Crippen molar-refractivity contribution in [1.82, 2.24) is 20.3 Å². The largest absolute Gasteiger partial charge is 0.479 e. The Labute approximate surface area is 258 Å². The van der Waals surface area contributed by atoms with Crippen LogP contribution in [0.5, 0.6) is 11.5 Å². The Kier molecular flexibility index (Phi) is 12.4. The van der Waals surface area contributed by atoms with Crippen LogP contribution in [0.1, 0.15) is 16.8 Å². The summed E-state index contributed by atoms with van der Waals surface area (Å²) in [7, 11) is 1.49. The van der Waals surface area contributed by atoms with Crippen LogP contribution in [0.25, 0.3) is 17.0 Å². The predicted octanol–water partition coefficient (Wildman–Crippen LogP) is 2.83. The van der Waals surface area contributed by atoms with Crippen LogP contribution >= 0.6 is 0 Å². The molecule has 0 fully saturated rings. The molecule has 0 saturated carbocycles. The van der Waals surface area contributed by atoms with E-state index in [4.69, 9.17) is 29.9 Å². The summed E-state index contributed by atoms with van der Waals surface area (Å²) < 4.78 is 10.8. The molecule has 0 aliphatic rings. The highest BCUT2D eigenvalue weighted by Gasteiger charge is 2.29. The number of nitrogens with one attached hydrogen (secondary N) is 2. The van der Waals surface area contributed by atoms with Crippen molar-refractivity contribution in [3.05, 3.63) is 84.0 Å². The van der Waals surface area contributed by atoms with E-state index in [1.165, 1.54) is 7.11 Å². The first-order chi connectivity index (χ1) is 21.5. The van der Waals surface area contributed by atoms with Crippen molar-refractivity contribution < 1.29 is 44.3 Å². The SMILES string of the molecule is COCC(=O)NCC=Cc1ccc2ncnc(Nc3ccc(Oc4ccc(C)nc4)c(C)c3)c2c1.O=C(O)C(O)C(O)C(=O)O. The number of amides is 1. The molecule has 0 aliphatic heterocycles. The number of benzene rings is 2. The van der Waals surface area contributed by atoms with Gasteiger partial charge in [-0.2, -0.15) is 0 Å². The number of carboxylic acids is 2. The second-order valence-electron chi connectivity index (χ2n) is 9.55. The van der Waals surface area contributed by atoms with E-state index in [1.807, 2.05) is 74.5 Å². The van der Waals surface area contributed by atoms with Gasteiger partial charge in [0.15, 0.2) is 12.2 Å². The van der Waals surface area contributed by atoms with E-state index in [1.54, 1.807) is 12.5 Å². The Balaban J connectivity index is 0.000000477. The third-order valence-electron chi connectivity index (χ3n) is 6.02. The van der Waals surface area contributed by atoms with Crippen molar-refractivity contribution in [3.8, 4) is 11.5 Å². The molecule has 0 saturated heterocycles. The molecule has 0 bridgehead atoms. The zero-order valence-corrected chi connectivity index (χ0v) is 24.7. The van der Waals surface area contributed by atoms with Gasteiger partial charge in [0.1, 0.15) is 30.3 Å². The van der Waals surface area contributed by atoms with Crippen molar-refractivity contribution in [1.29, 1.82) is 0 Å². The highest BCUT2D eigenvalue weighted by molar-refractivity contribution is 5.92. The van der Waals surface area contributed by atoms with E-state index in [0.29, 0.717) is 18.1 Å². The Hall–Kier alpha value is -5.44. The highest BCUT2D eigenvalue weighted by atomic mass is 16.5. The summed E-state index contributed by atoms with van der Waals surface area (Å²) in [6.07, 6.45) is 2.56. The molecule has 4 aromatic rings. The second kappa shape index (κ2) is 16.4. The molecule has 2 aromatic heterocycles. The van der Waals surface area contributed by atoms with Gasteiger partial charge in [-0.15, -0.1) is 0 Å². The zero-order valence-electron chi connectivity index (χ0n) is 24.7. The van der Waals surface area contributed by atoms with Gasteiger partial charge in [-0.3, -0.25) is 9.78 Å². The monoisotopic (exact) mass is 619 g/mol. The maximum absolute atomic E-state index is 11.5. The topological polar surface area (TPSA) is 213 Å². The molecule has 4 rings (SSSR count). The quantitative estimate of drug-likeness (QED) is 0.135.